The van der Waals surface area contributed by atoms with E-state index in [0.717, 1.165) is 16.6 Å². The van der Waals surface area contributed by atoms with Crippen molar-refractivity contribution in [1.29, 1.82) is 0 Å². The number of likely N-dealkylation sites (N-methyl/N-ethyl adjacent to an activating group) is 2. The van der Waals surface area contributed by atoms with Crippen molar-refractivity contribution in [3.63, 3.8) is 0 Å². The molecular formula is C12H18N6OS. The highest BCUT2D eigenvalue weighted by Crippen LogP contribution is 2.31. The zero-order valence-corrected chi connectivity index (χ0v) is 12.5. The molecule has 4 N–H and O–H groups in total. The van der Waals surface area contributed by atoms with Gasteiger partial charge in [0.15, 0.2) is 0 Å². The maximum absolute atomic E-state index is 11.5. The molecule has 108 valence electrons. The van der Waals surface area contributed by atoms with Crippen LogP contribution >= 0.6 is 11.3 Å². The van der Waals surface area contributed by atoms with Crippen molar-refractivity contribution in [2.24, 2.45) is 5.84 Å². The van der Waals surface area contributed by atoms with Gasteiger partial charge in [0.25, 0.3) is 0 Å². The number of nitrogens with zero attached hydrogens (tertiary/aromatic N) is 3. The first-order chi connectivity index (χ1) is 9.58. The van der Waals surface area contributed by atoms with Gasteiger partial charge in [0.1, 0.15) is 10.6 Å². The van der Waals surface area contributed by atoms with Gasteiger partial charge in [0, 0.05) is 19.0 Å². The molecule has 0 unspecified atom stereocenters. The van der Waals surface area contributed by atoms with Crippen LogP contribution in [0.15, 0.2) is 6.07 Å². The molecule has 7 nitrogen and oxygen atoms in total. The van der Waals surface area contributed by atoms with Crippen molar-refractivity contribution < 1.29 is 4.79 Å². The van der Waals surface area contributed by atoms with Gasteiger partial charge >= 0.3 is 0 Å². The Morgan fingerprint density at radius 1 is 1.50 bits per heavy atom. The molecule has 0 aromatic carbocycles. The summed E-state index contributed by atoms with van der Waals surface area (Å²) in [5.41, 5.74) is 2.47. The van der Waals surface area contributed by atoms with Crippen molar-refractivity contribution in [3.05, 3.63) is 10.9 Å². The minimum Gasteiger partial charge on any atom is -0.358 e. The summed E-state index contributed by atoms with van der Waals surface area (Å²) in [7, 11) is 3.43. The molecule has 0 aliphatic heterocycles. The molecule has 2 aromatic heterocycles. The summed E-state index contributed by atoms with van der Waals surface area (Å²) in [6.07, 6.45) is 0.936. The second-order valence-corrected chi connectivity index (χ2v) is 5.44. The molecule has 0 bridgehead atoms. The highest BCUT2D eigenvalue weighted by atomic mass is 32.1. The number of fused-ring (bicyclic) bond motifs is 1. The third kappa shape index (κ3) is 2.81. The predicted octanol–water partition coefficient (Wildman–Crippen LogP) is 0.721. The number of thiophene rings is 1. The number of nitrogens with two attached hydrogens (primary N) is 1. The Morgan fingerprint density at radius 2 is 2.25 bits per heavy atom. The lowest BCUT2D eigenvalue weighted by atomic mass is 10.3. The van der Waals surface area contributed by atoms with Gasteiger partial charge in [-0.25, -0.2) is 10.8 Å². The van der Waals surface area contributed by atoms with Crippen LogP contribution in [0.3, 0.4) is 0 Å². The number of carbonyl (C=O) groups is 1. The minimum atomic E-state index is -0.0764. The molecule has 0 radical (unpaired) electrons. The molecular weight excluding hydrogens is 276 g/mol. The van der Waals surface area contributed by atoms with Crippen molar-refractivity contribution in [2.75, 3.05) is 31.0 Å². The van der Waals surface area contributed by atoms with Crippen LogP contribution in [-0.4, -0.2) is 36.5 Å². The summed E-state index contributed by atoms with van der Waals surface area (Å²) in [5, 5.41) is 3.54. The Labute approximate surface area is 121 Å². The molecule has 0 saturated heterocycles. The predicted molar refractivity (Wildman–Crippen MR) is 81.9 cm³/mol. The van der Waals surface area contributed by atoms with E-state index in [0.29, 0.717) is 11.8 Å². The van der Waals surface area contributed by atoms with Gasteiger partial charge in [-0.05, 0) is 12.5 Å². The molecule has 1 amide bonds. The third-order valence-corrected chi connectivity index (χ3v) is 4.10. The van der Waals surface area contributed by atoms with Gasteiger partial charge in [0.05, 0.1) is 11.9 Å². The molecule has 0 atom stereocenters. The first kappa shape index (κ1) is 14.5. The van der Waals surface area contributed by atoms with E-state index in [-0.39, 0.29) is 12.5 Å². The van der Waals surface area contributed by atoms with Crippen LogP contribution < -0.4 is 21.5 Å². The molecule has 2 aromatic rings. The van der Waals surface area contributed by atoms with Crippen LogP contribution in [-0.2, 0) is 11.2 Å². The quantitative estimate of drug-likeness (QED) is 0.555. The fourth-order valence-electron chi connectivity index (χ4n) is 1.86. The molecule has 0 fully saturated rings. The van der Waals surface area contributed by atoms with Gasteiger partial charge in [-0.1, -0.05) is 6.92 Å². The molecule has 20 heavy (non-hydrogen) atoms. The van der Waals surface area contributed by atoms with Crippen molar-refractivity contribution >= 4 is 39.2 Å². The van der Waals surface area contributed by atoms with Crippen LogP contribution in [0, 0.1) is 0 Å². The van der Waals surface area contributed by atoms with E-state index in [2.05, 4.69) is 33.7 Å². The van der Waals surface area contributed by atoms with E-state index in [1.165, 1.54) is 4.88 Å². The van der Waals surface area contributed by atoms with E-state index >= 15 is 0 Å². The van der Waals surface area contributed by atoms with Crippen LogP contribution in [0.2, 0.25) is 0 Å². The van der Waals surface area contributed by atoms with Crippen LogP contribution in [0.1, 0.15) is 11.8 Å². The van der Waals surface area contributed by atoms with Gasteiger partial charge in [-0.15, -0.1) is 11.3 Å². The lowest BCUT2D eigenvalue weighted by Crippen LogP contribution is -2.33. The van der Waals surface area contributed by atoms with Gasteiger partial charge in [-0.3, -0.25) is 10.2 Å². The number of carbonyl (C=O) groups excluding carboxylic acids is 1. The van der Waals surface area contributed by atoms with E-state index in [1.54, 1.807) is 23.3 Å². The molecule has 2 heterocycles. The number of rotatable bonds is 5. The fraction of sp³-hybridized carbons (Fsp3) is 0.417. The summed E-state index contributed by atoms with van der Waals surface area (Å²) in [6.45, 7) is 2.32. The standard InChI is InChI=1S/C12H18N6OS/c1-4-7-5-8-10(18(3)6-9(19)14-2)15-12(17-13)16-11(8)20-7/h5H,4,6,13H2,1-3H3,(H,14,19)(H,15,16,17). The highest BCUT2D eigenvalue weighted by Gasteiger charge is 2.15. The first-order valence-electron chi connectivity index (χ1n) is 6.27. The minimum absolute atomic E-state index is 0.0764. The topological polar surface area (TPSA) is 96.2 Å². The van der Waals surface area contributed by atoms with Gasteiger partial charge < -0.3 is 10.2 Å². The van der Waals surface area contributed by atoms with E-state index in [9.17, 15) is 4.79 Å². The number of aryl methyl sites for hydroxylation is 1. The summed E-state index contributed by atoms with van der Waals surface area (Å²) in [5.74, 6) is 6.38. The number of aromatic nitrogens is 2. The lowest BCUT2D eigenvalue weighted by molar-refractivity contribution is -0.119. The average molecular weight is 294 g/mol. The largest absolute Gasteiger partial charge is 0.358 e. The number of anilines is 2. The smallest absolute Gasteiger partial charge is 0.240 e. The molecule has 2 rings (SSSR count). The van der Waals surface area contributed by atoms with Crippen LogP contribution in [0.5, 0.6) is 0 Å². The Bertz CT molecular complexity index is 626. The number of amides is 1. The molecule has 8 heteroatoms. The van der Waals surface area contributed by atoms with Crippen LogP contribution in [0.4, 0.5) is 11.8 Å². The number of nitrogens with one attached hydrogen (secondary N) is 2. The molecule has 0 saturated carbocycles. The van der Waals surface area contributed by atoms with Gasteiger partial charge in [-0.2, -0.15) is 4.98 Å². The van der Waals surface area contributed by atoms with Gasteiger partial charge in [0.2, 0.25) is 11.9 Å². The number of hydrogen-bond acceptors (Lipinski definition) is 7. The average Bonchev–Trinajstić information content (AvgIpc) is 2.88. The maximum atomic E-state index is 11.5. The third-order valence-electron chi connectivity index (χ3n) is 2.92. The van der Waals surface area contributed by atoms with E-state index < -0.39 is 0 Å². The summed E-state index contributed by atoms with van der Waals surface area (Å²) < 4.78 is 0. The maximum Gasteiger partial charge on any atom is 0.240 e. The Hall–Kier alpha value is -1.93. The molecule has 0 aliphatic rings. The summed E-state index contributed by atoms with van der Waals surface area (Å²) >= 11 is 1.61. The van der Waals surface area contributed by atoms with Crippen molar-refractivity contribution in [1.82, 2.24) is 15.3 Å². The molecule has 0 aliphatic carbocycles. The second-order valence-electron chi connectivity index (χ2n) is 4.33. The monoisotopic (exact) mass is 294 g/mol. The number of hydrazine groups is 1. The van der Waals surface area contributed by atoms with E-state index in [4.69, 9.17) is 5.84 Å². The Kier molecular flexibility index (Phi) is 4.35. The fourth-order valence-corrected chi connectivity index (χ4v) is 2.82. The number of nitrogen functional groups attached to an aromatic ring is 1. The van der Waals surface area contributed by atoms with Crippen LogP contribution in [0.25, 0.3) is 10.2 Å². The van der Waals surface area contributed by atoms with E-state index in [1.807, 2.05) is 7.05 Å². The number of hydrogen-bond donors (Lipinski definition) is 3. The lowest BCUT2D eigenvalue weighted by Gasteiger charge is -2.18. The summed E-state index contributed by atoms with van der Waals surface area (Å²) in [4.78, 5) is 24.1. The molecule has 0 spiro atoms. The van der Waals surface area contributed by atoms with Crippen molar-refractivity contribution in [3.8, 4) is 0 Å². The summed E-state index contributed by atoms with van der Waals surface area (Å²) in [6, 6.07) is 2.07. The highest BCUT2D eigenvalue weighted by molar-refractivity contribution is 7.18. The second kappa shape index (κ2) is 6.02. The SMILES string of the molecule is CCc1cc2c(N(C)CC(=O)NC)nc(NN)nc2s1. The Balaban J connectivity index is 2.48. The Morgan fingerprint density at radius 3 is 2.85 bits per heavy atom. The first-order valence-corrected chi connectivity index (χ1v) is 7.09. The zero-order valence-electron chi connectivity index (χ0n) is 11.7. The van der Waals surface area contributed by atoms with Crippen molar-refractivity contribution in [2.45, 2.75) is 13.3 Å². The normalized spacial score (nSPS) is 10.6. The zero-order chi connectivity index (χ0) is 14.7.